The fourth-order valence-electron chi connectivity index (χ4n) is 1.97. The first-order valence-electron chi connectivity index (χ1n) is 7.01. The van der Waals surface area contributed by atoms with Crippen LogP contribution < -0.4 is 0 Å². The molecule has 7 heteroatoms. The zero-order chi connectivity index (χ0) is 15.8. The highest BCUT2D eigenvalue weighted by Gasteiger charge is 2.13. The quantitative estimate of drug-likeness (QED) is 0.706. The number of halogens is 1. The molecule has 0 saturated carbocycles. The molecule has 0 unspecified atom stereocenters. The Labute approximate surface area is 135 Å². The highest BCUT2D eigenvalue weighted by Crippen LogP contribution is 2.20. The zero-order valence-corrected chi connectivity index (χ0v) is 13.5. The van der Waals surface area contributed by atoms with Gasteiger partial charge in [0, 0.05) is 37.9 Å². The average molecular weight is 326 g/mol. The number of nitrogens with zero attached hydrogens (tertiary/aromatic N) is 3. The van der Waals surface area contributed by atoms with Gasteiger partial charge in [-0.25, -0.2) is 0 Å². The van der Waals surface area contributed by atoms with Crippen LogP contribution in [0.5, 0.6) is 0 Å². The van der Waals surface area contributed by atoms with Gasteiger partial charge in [0.15, 0.2) is 0 Å². The van der Waals surface area contributed by atoms with E-state index in [1.807, 2.05) is 24.3 Å². The van der Waals surface area contributed by atoms with Crippen molar-refractivity contribution in [2.75, 3.05) is 40.5 Å². The first-order valence-corrected chi connectivity index (χ1v) is 7.39. The Morgan fingerprint density at radius 1 is 1.18 bits per heavy atom. The molecular formula is C15H20ClN3O3. The van der Waals surface area contributed by atoms with E-state index >= 15 is 0 Å². The van der Waals surface area contributed by atoms with Gasteiger partial charge in [-0.05, 0) is 12.1 Å². The molecule has 1 heterocycles. The van der Waals surface area contributed by atoms with Crippen molar-refractivity contribution in [1.29, 1.82) is 0 Å². The van der Waals surface area contributed by atoms with Crippen LogP contribution in [0.25, 0.3) is 11.4 Å². The lowest BCUT2D eigenvalue weighted by atomic mass is 10.2. The topological polar surface area (TPSA) is 60.6 Å². The first kappa shape index (κ1) is 16.9. The smallest absolute Gasteiger partial charge is 0.241 e. The monoisotopic (exact) mass is 325 g/mol. The van der Waals surface area contributed by atoms with Crippen molar-refractivity contribution in [1.82, 2.24) is 15.0 Å². The number of methoxy groups -OCH3 is 2. The molecule has 0 aliphatic rings. The summed E-state index contributed by atoms with van der Waals surface area (Å²) >= 11 is 5.98. The van der Waals surface area contributed by atoms with Gasteiger partial charge in [-0.15, -0.1) is 0 Å². The molecule has 0 amide bonds. The van der Waals surface area contributed by atoms with Gasteiger partial charge < -0.3 is 14.0 Å². The summed E-state index contributed by atoms with van der Waals surface area (Å²) in [5.41, 5.74) is 0.836. The van der Waals surface area contributed by atoms with Crippen molar-refractivity contribution in [3.8, 4) is 11.4 Å². The number of hydrogen-bond donors (Lipinski definition) is 0. The van der Waals surface area contributed by atoms with Crippen LogP contribution in [0.2, 0.25) is 5.02 Å². The van der Waals surface area contributed by atoms with Gasteiger partial charge in [0.1, 0.15) is 0 Å². The van der Waals surface area contributed by atoms with Crippen LogP contribution in [0.15, 0.2) is 28.8 Å². The van der Waals surface area contributed by atoms with Crippen molar-refractivity contribution in [3.63, 3.8) is 0 Å². The lowest BCUT2D eigenvalue weighted by molar-refractivity contribution is 0.103. The van der Waals surface area contributed by atoms with Crippen LogP contribution in [0.3, 0.4) is 0 Å². The van der Waals surface area contributed by atoms with E-state index in [-0.39, 0.29) is 0 Å². The Bertz CT molecular complexity index is 569. The molecule has 6 nitrogen and oxygen atoms in total. The van der Waals surface area contributed by atoms with Gasteiger partial charge in [-0.2, -0.15) is 4.98 Å². The van der Waals surface area contributed by atoms with Crippen LogP contribution in [0.4, 0.5) is 0 Å². The van der Waals surface area contributed by atoms with Crippen LogP contribution in [-0.4, -0.2) is 55.6 Å². The minimum absolute atomic E-state index is 0.538. The third-order valence-electron chi connectivity index (χ3n) is 3.13. The number of ether oxygens (including phenoxy) is 2. The van der Waals surface area contributed by atoms with E-state index in [4.69, 9.17) is 25.6 Å². The predicted molar refractivity (Wildman–Crippen MR) is 83.8 cm³/mol. The summed E-state index contributed by atoms with van der Waals surface area (Å²) in [6.07, 6.45) is 0. The molecule has 0 N–H and O–H groups in total. The number of hydrogen-bond acceptors (Lipinski definition) is 6. The standard InChI is InChI=1S/C15H20ClN3O3/c1-20-8-6-19(7-9-21-2)11-14-17-15(18-22-14)12-4-3-5-13(16)10-12/h3-5,10H,6-9,11H2,1-2H3. The van der Waals surface area contributed by atoms with E-state index < -0.39 is 0 Å². The molecule has 0 aliphatic carbocycles. The Kier molecular flexibility index (Phi) is 6.79. The average Bonchev–Trinajstić information content (AvgIpc) is 2.98. The van der Waals surface area contributed by atoms with E-state index in [1.165, 1.54) is 0 Å². The molecular weight excluding hydrogens is 306 g/mol. The van der Waals surface area contributed by atoms with Crippen molar-refractivity contribution >= 4 is 11.6 Å². The second-order valence-corrected chi connectivity index (χ2v) is 5.22. The van der Waals surface area contributed by atoms with Crippen molar-refractivity contribution in [2.24, 2.45) is 0 Å². The highest BCUT2D eigenvalue weighted by atomic mass is 35.5. The van der Waals surface area contributed by atoms with Gasteiger partial charge >= 0.3 is 0 Å². The van der Waals surface area contributed by atoms with E-state index in [0.29, 0.717) is 36.5 Å². The minimum Gasteiger partial charge on any atom is -0.383 e. The van der Waals surface area contributed by atoms with E-state index in [2.05, 4.69) is 15.0 Å². The normalized spacial score (nSPS) is 11.3. The third-order valence-corrected chi connectivity index (χ3v) is 3.37. The molecule has 0 spiro atoms. The largest absolute Gasteiger partial charge is 0.383 e. The minimum atomic E-state index is 0.538. The Morgan fingerprint density at radius 3 is 2.55 bits per heavy atom. The summed E-state index contributed by atoms with van der Waals surface area (Å²) in [4.78, 5) is 6.56. The molecule has 22 heavy (non-hydrogen) atoms. The summed E-state index contributed by atoms with van der Waals surface area (Å²) in [6.45, 7) is 3.38. The summed E-state index contributed by atoms with van der Waals surface area (Å²) in [5.74, 6) is 1.10. The van der Waals surface area contributed by atoms with Crippen LogP contribution >= 0.6 is 11.6 Å². The summed E-state index contributed by atoms with van der Waals surface area (Å²) in [5, 5.41) is 4.65. The van der Waals surface area contributed by atoms with Crippen LogP contribution in [-0.2, 0) is 16.0 Å². The second-order valence-electron chi connectivity index (χ2n) is 4.78. The fourth-order valence-corrected chi connectivity index (χ4v) is 2.16. The molecule has 0 aliphatic heterocycles. The van der Waals surface area contributed by atoms with E-state index in [1.54, 1.807) is 14.2 Å². The number of benzene rings is 1. The molecule has 0 bridgehead atoms. The molecule has 0 fully saturated rings. The highest BCUT2D eigenvalue weighted by molar-refractivity contribution is 6.30. The van der Waals surface area contributed by atoms with Gasteiger partial charge in [0.2, 0.25) is 11.7 Å². The molecule has 2 rings (SSSR count). The summed E-state index contributed by atoms with van der Waals surface area (Å²) in [7, 11) is 3.36. The molecule has 120 valence electrons. The second kappa shape index (κ2) is 8.85. The lowest BCUT2D eigenvalue weighted by Crippen LogP contribution is -2.30. The van der Waals surface area contributed by atoms with E-state index in [0.717, 1.165) is 18.7 Å². The molecule has 0 atom stereocenters. The summed E-state index contributed by atoms with van der Waals surface area (Å²) < 4.78 is 15.5. The number of aromatic nitrogens is 2. The fraction of sp³-hybridized carbons (Fsp3) is 0.467. The third kappa shape index (κ3) is 5.06. The Balaban J connectivity index is 2.02. The van der Waals surface area contributed by atoms with Crippen molar-refractivity contribution < 1.29 is 14.0 Å². The summed E-state index contributed by atoms with van der Waals surface area (Å²) in [6, 6.07) is 7.37. The van der Waals surface area contributed by atoms with Gasteiger partial charge in [-0.1, -0.05) is 28.9 Å². The van der Waals surface area contributed by atoms with Crippen LogP contribution in [0, 0.1) is 0 Å². The van der Waals surface area contributed by atoms with Gasteiger partial charge in [0.05, 0.1) is 19.8 Å². The predicted octanol–water partition coefficient (Wildman–Crippen LogP) is 2.48. The van der Waals surface area contributed by atoms with Crippen molar-refractivity contribution in [3.05, 3.63) is 35.2 Å². The maximum atomic E-state index is 5.98. The molecule has 2 aromatic rings. The molecule has 1 aromatic heterocycles. The van der Waals surface area contributed by atoms with Crippen LogP contribution in [0.1, 0.15) is 5.89 Å². The number of rotatable bonds is 9. The maximum absolute atomic E-state index is 5.98. The Hall–Kier alpha value is -1.47. The molecule has 0 saturated heterocycles. The van der Waals surface area contributed by atoms with Gasteiger partial charge in [-0.3, -0.25) is 4.90 Å². The molecule has 1 aromatic carbocycles. The lowest BCUT2D eigenvalue weighted by Gasteiger charge is -2.19. The SMILES string of the molecule is COCCN(CCOC)Cc1nc(-c2cccc(Cl)c2)no1. The maximum Gasteiger partial charge on any atom is 0.241 e. The van der Waals surface area contributed by atoms with Gasteiger partial charge in [0.25, 0.3) is 0 Å². The van der Waals surface area contributed by atoms with Crippen molar-refractivity contribution in [2.45, 2.75) is 6.54 Å². The molecule has 0 radical (unpaired) electrons. The zero-order valence-electron chi connectivity index (χ0n) is 12.8. The first-order chi connectivity index (χ1) is 10.7. The Morgan fingerprint density at radius 2 is 1.91 bits per heavy atom. The van der Waals surface area contributed by atoms with E-state index in [9.17, 15) is 0 Å².